The second-order valence-corrected chi connectivity index (χ2v) is 8.35. The molecule has 2 aromatic rings. The number of fused-ring (bicyclic) bond motifs is 1. The van der Waals surface area contributed by atoms with Crippen molar-refractivity contribution in [3.63, 3.8) is 0 Å². The number of hydrogen-bond acceptors (Lipinski definition) is 4. The SMILES string of the molecule is C[C@H]1Cc2ccccc2N1S(=O)(=O)c1ccc(OCC(=O)N(C)C)cc1. The molecule has 0 aliphatic carbocycles. The number of carbonyl (C=O) groups excluding carboxylic acids is 1. The molecule has 1 atom stereocenters. The van der Waals surface area contributed by atoms with Crippen molar-refractivity contribution in [3.05, 3.63) is 54.1 Å². The molecule has 6 nitrogen and oxygen atoms in total. The van der Waals surface area contributed by atoms with Crippen LogP contribution in [0.1, 0.15) is 12.5 Å². The minimum atomic E-state index is -3.66. The van der Waals surface area contributed by atoms with E-state index in [-0.39, 0.29) is 23.5 Å². The highest BCUT2D eigenvalue weighted by atomic mass is 32.2. The summed E-state index contributed by atoms with van der Waals surface area (Å²) in [4.78, 5) is 13.2. The third-order valence-corrected chi connectivity index (χ3v) is 6.33. The lowest BCUT2D eigenvalue weighted by Crippen LogP contribution is -2.35. The van der Waals surface area contributed by atoms with Gasteiger partial charge in [-0.05, 0) is 49.2 Å². The Kier molecular flexibility index (Phi) is 4.91. The standard InChI is InChI=1S/C19H22N2O4S/c1-14-12-15-6-4-5-7-18(15)21(14)26(23,24)17-10-8-16(9-11-17)25-13-19(22)20(2)3/h4-11,14H,12-13H2,1-3H3/t14-/m0/s1. The fourth-order valence-electron chi connectivity index (χ4n) is 3.00. The number of likely N-dealkylation sites (N-methyl/N-ethyl adjacent to an activating group) is 1. The summed E-state index contributed by atoms with van der Waals surface area (Å²) in [6, 6.07) is 13.6. The van der Waals surface area contributed by atoms with Crippen molar-refractivity contribution >= 4 is 21.6 Å². The smallest absolute Gasteiger partial charge is 0.264 e. The van der Waals surface area contributed by atoms with Gasteiger partial charge in [0.1, 0.15) is 5.75 Å². The van der Waals surface area contributed by atoms with E-state index in [2.05, 4.69) is 0 Å². The Labute approximate surface area is 154 Å². The Balaban J connectivity index is 1.81. The first-order chi connectivity index (χ1) is 12.3. The van der Waals surface area contributed by atoms with E-state index in [0.717, 1.165) is 11.3 Å². The van der Waals surface area contributed by atoms with Crippen LogP contribution in [0.4, 0.5) is 5.69 Å². The van der Waals surface area contributed by atoms with Crippen LogP contribution in [0.25, 0.3) is 0 Å². The molecule has 0 bridgehead atoms. The van der Waals surface area contributed by atoms with Crippen LogP contribution < -0.4 is 9.04 Å². The normalized spacial score (nSPS) is 16.3. The van der Waals surface area contributed by atoms with Gasteiger partial charge in [-0.3, -0.25) is 9.10 Å². The average molecular weight is 374 g/mol. The zero-order valence-electron chi connectivity index (χ0n) is 15.0. The number of ether oxygens (including phenoxy) is 1. The van der Waals surface area contributed by atoms with Crippen molar-refractivity contribution in [1.29, 1.82) is 0 Å². The highest BCUT2D eigenvalue weighted by molar-refractivity contribution is 7.92. The summed E-state index contributed by atoms with van der Waals surface area (Å²) in [5, 5.41) is 0. The number of sulfonamides is 1. The Morgan fingerprint density at radius 1 is 1.15 bits per heavy atom. The summed E-state index contributed by atoms with van der Waals surface area (Å²) in [7, 11) is -0.362. The number of nitrogens with zero attached hydrogens (tertiary/aromatic N) is 2. The highest BCUT2D eigenvalue weighted by Crippen LogP contribution is 2.36. The monoisotopic (exact) mass is 374 g/mol. The van der Waals surface area contributed by atoms with Crippen LogP contribution in [0, 0.1) is 0 Å². The van der Waals surface area contributed by atoms with Crippen LogP contribution in [0.2, 0.25) is 0 Å². The van der Waals surface area contributed by atoms with Gasteiger partial charge in [0.2, 0.25) is 0 Å². The predicted octanol–water partition coefficient (Wildman–Crippen LogP) is 2.29. The summed E-state index contributed by atoms with van der Waals surface area (Å²) < 4.78 is 33.1. The maximum atomic E-state index is 13.1. The van der Waals surface area contributed by atoms with Crippen molar-refractivity contribution in [2.45, 2.75) is 24.3 Å². The maximum absolute atomic E-state index is 13.1. The number of para-hydroxylation sites is 1. The zero-order chi connectivity index (χ0) is 18.9. The number of hydrogen-bond donors (Lipinski definition) is 0. The Morgan fingerprint density at radius 3 is 2.46 bits per heavy atom. The molecule has 1 heterocycles. The predicted molar refractivity (Wildman–Crippen MR) is 99.9 cm³/mol. The van der Waals surface area contributed by atoms with E-state index in [1.807, 2.05) is 31.2 Å². The van der Waals surface area contributed by atoms with Gasteiger partial charge < -0.3 is 9.64 Å². The minimum Gasteiger partial charge on any atom is -0.484 e. The second-order valence-electron chi connectivity index (χ2n) is 6.53. The van der Waals surface area contributed by atoms with Gasteiger partial charge in [-0.2, -0.15) is 0 Å². The van der Waals surface area contributed by atoms with E-state index < -0.39 is 10.0 Å². The van der Waals surface area contributed by atoms with E-state index in [4.69, 9.17) is 4.74 Å². The van der Waals surface area contributed by atoms with E-state index >= 15 is 0 Å². The van der Waals surface area contributed by atoms with Gasteiger partial charge in [0, 0.05) is 20.1 Å². The lowest BCUT2D eigenvalue weighted by atomic mass is 10.1. The van der Waals surface area contributed by atoms with Gasteiger partial charge in [0.05, 0.1) is 10.6 Å². The summed E-state index contributed by atoms with van der Waals surface area (Å²) in [5.41, 5.74) is 1.77. The molecule has 3 rings (SSSR count). The molecule has 1 aliphatic rings. The second kappa shape index (κ2) is 6.99. The molecule has 0 fully saturated rings. The van der Waals surface area contributed by atoms with Crippen molar-refractivity contribution in [2.24, 2.45) is 0 Å². The molecule has 2 aromatic carbocycles. The first-order valence-electron chi connectivity index (χ1n) is 8.36. The van der Waals surface area contributed by atoms with Crippen LogP contribution in [0.15, 0.2) is 53.4 Å². The van der Waals surface area contributed by atoms with Crippen molar-refractivity contribution in [1.82, 2.24) is 4.90 Å². The lowest BCUT2D eigenvalue weighted by molar-refractivity contribution is -0.130. The summed E-state index contributed by atoms with van der Waals surface area (Å²) in [6.07, 6.45) is 0.698. The van der Waals surface area contributed by atoms with Gasteiger partial charge in [-0.15, -0.1) is 0 Å². The van der Waals surface area contributed by atoms with Crippen LogP contribution in [-0.2, 0) is 21.2 Å². The van der Waals surface area contributed by atoms with Gasteiger partial charge in [0.15, 0.2) is 6.61 Å². The summed E-state index contributed by atoms with van der Waals surface area (Å²) in [6.45, 7) is 1.82. The summed E-state index contributed by atoms with van der Waals surface area (Å²) in [5.74, 6) is 0.290. The van der Waals surface area contributed by atoms with Crippen LogP contribution in [0.3, 0.4) is 0 Å². The fourth-order valence-corrected chi connectivity index (χ4v) is 4.69. The summed E-state index contributed by atoms with van der Waals surface area (Å²) >= 11 is 0. The van der Waals surface area contributed by atoms with E-state index in [1.54, 1.807) is 26.2 Å². The number of rotatable bonds is 5. The largest absolute Gasteiger partial charge is 0.484 e. The maximum Gasteiger partial charge on any atom is 0.264 e. The van der Waals surface area contributed by atoms with E-state index in [1.165, 1.54) is 21.3 Å². The molecule has 7 heteroatoms. The number of benzene rings is 2. The Bertz CT molecular complexity index is 907. The molecule has 0 spiro atoms. The molecule has 1 aliphatic heterocycles. The molecule has 26 heavy (non-hydrogen) atoms. The third-order valence-electron chi connectivity index (χ3n) is 4.39. The third kappa shape index (κ3) is 3.39. The number of amides is 1. The molecule has 0 saturated carbocycles. The van der Waals surface area contributed by atoms with Crippen LogP contribution in [-0.4, -0.2) is 46.0 Å². The van der Waals surface area contributed by atoms with Crippen LogP contribution in [0.5, 0.6) is 5.75 Å². The molecule has 0 N–H and O–H groups in total. The molecule has 0 saturated heterocycles. The van der Waals surface area contributed by atoms with Gasteiger partial charge in [-0.1, -0.05) is 18.2 Å². The van der Waals surface area contributed by atoms with Crippen molar-refractivity contribution in [3.8, 4) is 5.75 Å². The molecule has 0 unspecified atom stereocenters. The lowest BCUT2D eigenvalue weighted by Gasteiger charge is -2.24. The Morgan fingerprint density at radius 2 is 1.81 bits per heavy atom. The molecule has 0 radical (unpaired) electrons. The van der Waals surface area contributed by atoms with Gasteiger partial charge in [0.25, 0.3) is 15.9 Å². The molecular formula is C19H22N2O4S. The van der Waals surface area contributed by atoms with Crippen molar-refractivity contribution < 1.29 is 17.9 Å². The van der Waals surface area contributed by atoms with E-state index in [0.29, 0.717) is 12.2 Å². The van der Waals surface area contributed by atoms with Crippen LogP contribution >= 0.6 is 0 Å². The van der Waals surface area contributed by atoms with Gasteiger partial charge in [-0.25, -0.2) is 8.42 Å². The fraction of sp³-hybridized carbons (Fsp3) is 0.316. The molecular weight excluding hydrogens is 352 g/mol. The van der Waals surface area contributed by atoms with Crippen molar-refractivity contribution in [2.75, 3.05) is 25.0 Å². The highest BCUT2D eigenvalue weighted by Gasteiger charge is 2.35. The minimum absolute atomic E-state index is 0.0877. The average Bonchev–Trinajstić information content (AvgIpc) is 2.96. The van der Waals surface area contributed by atoms with E-state index in [9.17, 15) is 13.2 Å². The van der Waals surface area contributed by atoms with Gasteiger partial charge >= 0.3 is 0 Å². The molecule has 1 amide bonds. The molecule has 138 valence electrons. The topological polar surface area (TPSA) is 66.9 Å². The number of anilines is 1. The molecule has 0 aromatic heterocycles. The Hall–Kier alpha value is -2.54. The first-order valence-corrected chi connectivity index (χ1v) is 9.80. The first kappa shape index (κ1) is 18.3. The zero-order valence-corrected chi connectivity index (χ0v) is 15.9. The number of carbonyl (C=O) groups is 1. The quantitative estimate of drug-likeness (QED) is 0.805.